The number of para-hydroxylation sites is 1. The van der Waals surface area contributed by atoms with Gasteiger partial charge < -0.3 is 0 Å². The molecular formula is C23H16F2N2O3S. The van der Waals surface area contributed by atoms with Gasteiger partial charge in [0.2, 0.25) is 0 Å². The molecule has 0 saturated carbocycles. The normalized spacial score (nSPS) is 11.5. The Morgan fingerprint density at radius 3 is 2.06 bits per heavy atom. The molecule has 0 N–H and O–H groups in total. The molecule has 0 radical (unpaired) electrons. The lowest BCUT2D eigenvalue weighted by Gasteiger charge is -2.13. The van der Waals surface area contributed by atoms with Crippen LogP contribution in [0.2, 0.25) is 0 Å². The fraction of sp³-hybridized carbons (Fsp3) is 0.0435. The fourth-order valence-electron chi connectivity index (χ4n) is 3.24. The first-order valence-corrected chi connectivity index (χ1v) is 11.1. The Hall–Kier alpha value is -3.65. The van der Waals surface area contributed by atoms with Crippen LogP contribution in [0.5, 0.6) is 0 Å². The summed E-state index contributed by atoms with van der Waals surface area (Å²) < 4.78 is 52.2. The van der Waals surface area contributed by atoms with Crippen molar-refractivity contribution in [3.05, 3.63) is 101 Å². The molecule has 0 aliphatic heterocycles. The summed E-state index contributed by atoms with van der Waals surface area (Å²) in [5, 5.41) is 4.13. The van der Waals surface area contributed by atoms with E-state index in [2.05, 4.69) is 5.10 Å². The van der Waals surface area contributed by atoms with E-state index in [-0.39, 0.29) is 16.1 Å². The lowest BCUT2D eigenvalue weighted by Crippen LogP contribution is -2.24. The second-order valence-electron chi connectivity index (χ2n) is 6.91. The summed E-state index contributed by atoms with van der Waals surface area (Å²) in [5.41, 5.74) is 0.934. The summed E-state index contributed by atoms with van der Waals surface area (Å²) in [6.45, 7) is 0. The van der Waals surface area contributed by atoms with Gasteiger partial charge in [0, 0.05) is 11.8 Å². The molecule has 4 rings (SSSR count). The maximum Gasteiger partial charge on any atom is 0.280 e. The number of hydrogen-bond donors (Lipinski definition) is 0. The molecule has 5 nitrogen and oxygen atoms in total. The fourth-order valence-corrected chi connectivity index (χ4v) is 3.88. The molecule has 0 bridgehead atoms. The smallest absolute Gasteiger partial charge is 0.267 e. The average Bonchev–Trinajstić information content (AvgIpc) is 2.74. The van der Waals surface area contributed by atoms with Gasteiger partial charge in [-0.05, 0) is 47.5 Å². The van der Waals surface area contributed by atoms with Crippen LogP contribution in [0.15, 0.2) is 88.7 Å². The van der Waals surface area contributed by atoms with Crippen molar-refractivity contribution in [1.82, 2.24) is 9.78 Å². The van der Waals surface area contributed by atoms with Crippen LogP contribution in [0.3, 0.4) is 0 Å². The van der Waals surface area contributed by atoms with E-state index in [1.807, 2.05) is 0 Å². The first-order chi connectivity index (χ1) is 14.8. The SMILES string of the molecule is CS(=O)(=O)c1ccc(-c2cnn(-c3ccccc3F)c(=O)c2-c2ccc(F)cc2)cc1. The molecule has 0 unspecified atom stereocenters. The zero-order valence-electron chi connectivity index (χ0n) is 16.3. The Morgan fingerprint density at radius 1 is 0.839 bits per heavy atom. The molecule has 0 aliphatic carbocycles. The van der Waals surface area contributed by atoms with Crippen molar-refractivity contribution in [1.29, 1.82) is 0 Å². The minimum absolute atomic E-state index is 0.0187. The number of halogens is 2. The molecule has 8 heteroatoms. The lowest BCUT2D eigenvalue weighted by atomic mass is 9.97. The largest absolute Gasteiger partial charge is 0.280 e. The Bertz CT molecular complexity index is 1430. The number of aromatic nitrogens is 2. The molecule has 0 saturated heterocycles. The third-order valence-electron chi connectivity index (χ3n) is 4.78. The van der Waals surface area contributed by atoms with Gasteiger partial charge in [0.05, 0.1) is 16.7 Å². The van der Waals surface area contributed by atoms with Gasteiger partial charge in [-0.2, -0.15) is 9.78 Å². The molecule has 1 heterocycles. The van der Waals surface area contributed by atoms with E-state index in [1.54, 1.807) is 18.2 Å². The molecule has 4 aromatic rings. The molecule has 0 aliphatic rings. The summed E-state index contributed by atoms with van der Waals surface area (Å²) in [4.78, 5) is 13.5. The van der Waals surface area contributed by atoms with E-state index < -0.39 is 27.0 Å². The topological polar surface area (TPSA) is 69.0 Å². The first kappa shape index (κ1) is 20.6. The van der Waals surface area contributed by atoms with Gasteiger partial charge in [-0.3, -0.25) is 4.79 Å². The molecular weight excluding hydrogens is 422 g/mol. The molecule has 156 valence electrons. The summed E-state index contributed by atoms with van der Waals surface area (Å²) in [6.07, 6.45) is 2.51. The van der Waals surface area contributed by atoms with E-state index in [4.69, 9.17) is 0 Å². The van der Waals surface area contributed by atoms with Crippen LogP contribution in [-0.4, -0.2) is 24.5 Å². The van der Waals surface area contributed by atoms with Gasteiger partial charge in [0.25, 0.3) is 5.56 Å². The van der Waals surface area contributed by atoms with Crippen molar-refractivity contribution >= 4 is 9.84 Å². The molecule has 1 aromatic heterocycles. The highest BCUT2D eigenvalue weighted by atomic mass is 32.2. The predicted octanol–water partition coefficient (Wildman–Crippen LogP) is 4.25. The second kappa shape index (κ2) is 7.88. The second-order valence-corrected chi connectivity index (χ2v) is 8.92. The molecule has 0 amide bonds. The number of sulfone groups is 1. The van der Waals surface area contributed by atoms with Gasteiger partial charge in [-0.25, -0.2) is 17.2 Å². The standard InChI is InChI=1S/C23H16F2N2O3S/c1-31(29,30)18-12-8-15(9-13-18)19-14-26-27(21-5-3-2-4-20(21)25)23(28)22(19)16-6-10-17(24)11-7-16/h2-14H,1H3. The number of rotatable bonds is 4. The van der Waals surface area contributed by atoms with E-state index >= 15 is 0 Å². The lowest BCUT2D eigenvalue weighted by molar-refractivity contribution is 0.602. The van der Waals surface area contributed by atoms with Gasteiger partial charge >= 0.3 is 0 Å². The monoisotopic (exact) mass is 438 g/mol. The van der Waals surface area contributed by atoms with E-state index in [0.717, 1.165) is 10.9 Å². The van der Waals surface area contributed by atoms with Gasteiger partial charge in [0.15, 0.2) is 9.84 Å². The van der Waals surface area contributed by atoms with Crippen LogP contribution >= 0.6 is 0 Å². The molecule has 0 fully saturated rings. The van der Waals surface area contributed by atoms with Crippen molar-refractivity contribution in [2.45, 2.75) is 4.90 Å². The third-order valence-corrected chi connectivity index (χ3v) is 5.91. The molecule has 0 spiro atoms. The van der Waals surface area contributed by atoms with Crippen LogP contribution < -0.4 is 5.56 Å². The van der Waals surface area contributed by atoms with Crippen molar-refractivity contribution in [3.8, 4) is 27.9 Å². The van der Waals surface area contributed by atoms with E-state index in [1.165, 1.54) is 60.8 Å². The highest BCUT2D eigenvalue weighted by molar-refractivity contribution is 7.90. The van der Waals surface area contributed by atoms with Crippen LogP contribution in [0.4, 0.5) is 8.78 Å². The summed E-state index contributed by atoms with van der Waals surface area (Å²) in [6, 6.07) is 17.1. The highest BCUT2D eigenvalue weighted by Crippen LogP contribution is 2.30. The quantitative estimate of drug-likeness (QED) is 0.478. The third kappa shape index (κ3) is 4.02. The minimum Gasteiger partial charge on any atom is -0.267 e. The van der Waals surface area contributed by atoms with Crippen LogP contribution in [-0.2, 0) is 9.84 Å². The molecule has 0 atom stereocenters. The maximum absolute atomic E-state index is 14.3. The number of nitrogens with zero attached hydrogens (tertiary/aromatic N) is 2. The summed E-state index contributed by atoms with van der Waals surface area (Å²) in [5.74, 6) is -1.08. The Labute approximate surface area is 177 Å². The van der Waals surface area contributed by atoms with Crippen molar-refractivity contribution in [2.24, 2.45) is 0 Å². The Kier molecular flexibility index (Phi) is 5.24. The van der Waals surface area contributed by atoms with Crippen LogP contribution in [0, 0.1) is 11.6 Å². The van der Waals surface area contributed by atoms with E-state index in [9.17, 15) is 22.0 Å². The summed E-state index contributed by atoms with van der Waals surface area (Å²) >= 11 is 0. The highest BCUT2D eigenvalue weighted by Gasteiger charge is 2.18. The van der Waals surface area contributed by atoms with Crippen molar-refractivity contribution in [2.75, 3.05) is 6.26 Å². The predicted molar refractivity (Wildman–Crippen MR) is 114 cm³/mol. The molecule has 3 aromatic carbocycles. The van der Waals surface area contributed by atoms with Crippen molar-refractivity contribution in [3.63, 3.8) is 0 Å². The Balaban J connectivity index is 1.98. The van der Waals surface area contributed by atoms with Crippen LogP contribution in [0.25, 0.3) is 27.9 Å². The first-order valence-electron chi connectivity index (χ1n) is 9.19. The zero-order valence-corrected chi connectivity index (χ0v) is 17.1. The maximum atomic E-state index is 14.3. The zero-order chi connectivity index (χ0) is 22.2. The number of benzene rings is 3. The number of hydrogen-bond acceptors (Lipinski definition) is 4. The van der Waals surface area contributed by atoms with Gasteiger partial charge in [0.1, 0.15) is 17.3 Å². The summed E-state index contributed by atoms with van der Waals surface area (Å²) in [7, 11) is -3.39. The van der Waals surface area contributed by atoms with E-state index in [0.29, 0.717) is 16.7 Å². The minimum atomic E-state index is -3.39. The Morgan fingerprint density at radius 2 is 1.45 bits per heavy atom. The van der Waals surface area contributed by atoms with Gasteiger partial charge in [-0.1, -0.05) is 36.4 Å². The van der Waals surface area contributed by atoms with Crippen molar-refractivity contribution < 1.29 is 17.2 Å². The van der Waals surface area contributed by atoms with Crippen LogP contribution in [0.1, 0.15) is 0 Å². The average molecular weight is 438 g/mol. The molecule has 31 heavy (non-hydrogen) atoms. The van der Waals surface area contributed by atoms with Gasteiger partial charge in [-0.15, -0.1) is 0 Å².